The van der Waals surface area contributed by atoms with Gasteiger partial charge in [0.2, 0.25) is 5.91 Å². The normalized spacial score (nSPS) is 13.2. The summed E-state index contributed by atoms with van der Waals surface area (Å²) in [6, 6.07) is 10.4. The highest BCUT2D eigenvalue weighted by atomic mass is 35.5. The van der Waals surface area contributed by atoms with Crippen LogP contribution in [0.1, 0.15) is 23.0 Å². The second-order valence-corrected chi connectivity index (χ2v) is 6.85. The maximum Gasteiger partial charge on any atom is 0.357 e. The summed E-state index contributed by atoms with van der Waals surface area (Å²) >= 11 is 6.21. The SMILES string of the molecule is CC(Cn1nc(C(=O)O)c2ccccc21)(C(N)=O)c1ccc([N+](=O)[O-])cc1Cl. The Morgan fingerprint density at radius 2 is 2.00 bits per heavy atom. The second-order valence-electron chi connectivity index (χ2n) is 6.45. The van der Waals surface area contributed by atoms with Crippen molar-refractivity contribution in [3.63, 3.8) is 0 Å². The fourth-order valence-corrected chi connectivity index (χ4v) is 3.45. The number of nitrogens with zero attached hydrogens (tertiary/aromatic N) is 3. The number of carboxylic acids is 1. The summed E-state index contributed by atoms with van der Waals surface area (Å²) in [5.74, 6) is -1.94. The van der Waals surface area contributed by atoms with Crippen LogP contribution in [0.25, 0.3) is 10.9 Å². The molecule has 1 unspecified atom stereocenters. The second kappa shape index (κ2) is 6.93. The van der Waals surface area contributed by atoms with Crippen molar-refractivity contribution in [1.82, 2.24) is 9.78 Å². The monoisotopic (exact) mass is 402 g/mol. The van der Waals surface area contributed by atoms with E-state index in [-0.39, 0.29) is 28.5 Å². The molecule has 3 N–H and O–H groups in total. The molecule has 28 heavy (non-hydrogen) atoms. The molecule has 9 nitrogen and oxygen atoms in total. The van der Waals surface area contributed by atoms with Gasteiger partial charge in [-0.15, -0.1) is 0 Å². The number of para-hydroxylation sites is 1. The number of rotatable bonds is 6. The van der Waals surface area contributed by atoms with Crippen molar-refractivity contribution in [3.05, 3.63) is 68.9 Å². The highest BCUT2D eigenvalue weighted by Gasteiger charge is 2.37. The van der Waals surface area contributed by atoms with Crippen LogP contribution in [0.2, 0.25) is 5.02 Å². The number of benzene rings is 2. The van der Waals surface area contributed by atoms with Gasteiger partial charge in [-0.2, -0.15) is 5.10 Å². The van der Waals surface area contributed by atoms with Gasteiger partial charge in [0.1, 0.15) is 0 Å². The third kappa shape index (κ3) is 3.16. The molecule has 1 amide bonds. The van der Waals surface area contributed by atoms with Crippen LogP contribution in [0, 0.1) is 10.1 Å². The molecule has 1 heterocycles. The zero-order chi connectivity index (χ0) is 20.6. The first-order valence-electron chi connectivity index (χ1n) is 8.08. The van der Waals surface area contributed by atoms with E-state index in [1.165, 1.54) is 23.7 Å². The number of amides is 1. The Morgan fingerprint density at radius 1 is 1.32 bits per heavy atom. The summed E-state index contributed by atoms with van der Waals surface area (Å²) in [4.78, 5) is 34.2. The minimum Gasteiger partial charge on any atom is -0.476 e. The van der Waals surface area contributed by atoms with E-state index in [9.17, 15) is 24.8 Å². The van der Waals surface area contributed by atoms with Crippen molar-refractivity contribution in [3.8, 4) is 0 Å². The predicted octanol–water partition coefficient (Wildman–Crippen LogP) is 2.74. The van der Waals surface area contributed by atoms with E-state index < -0.39 is 22.2 Å². The number of non-ortho nitro benzene ring substituents is 1. The average Bonchev–Trinajstić information content (AvgIpc) is 3.00. The number of aromatic nitrogens is 2. The number of carbonyl (C=O) groups excluding carboxylic acids is 1. The van der Waals surface area contributed by atoms with Gasteiger partial charge in [-0.05, 0) is 24.6 Å². The summed E-state index contributed by atoms with van der Waals surface area (Å²) in [7, 11) is 0. The molecular formula is C18H15ClN4O5. The smallest absolute Gasteiger partial charge is 0.357 e. The number of aromatic carboxylic acids is 1. The van der Waals surface area contributed by atoms with Gasteiger partial charge in [0, 0.05) is 17.5 Å². The lowest BCUT2D eigenvalue weighted by Gasteiger charge is -2.27. The minimum atomic E-state index is -1.39. The number of nitrogens with two attached hydrogens (primary N) is 1. The molecule has 0 saturated carbocycles. The third-order valence-electron chi connectivity index (χ3n) is 4.63. The van der Waals surface area contributed by atoms with E-state index in [0.29, 0.717) is 10.9 Å². The first kappa shape index (κ1) is 19.3. The van der Waals surface area contributed by atoms with Gasteiger partial charge < -0.3 is 10.8 Å². The molecule has 0 fully saturated rings. The molecule has 0 aliphatic carbocycles. The summed E-state index contributed by atoms with van der Waals surface area (Å²) in [5.41, 5.74) is 4.65. The van der Waals surface area contributed by atoms with E-state index >= 15 is 0 Å². The Morgan fingerprint density at radius 3 is 2.57 bits per heavy atom. The quantitative estimate of drug-likeness (QED) is 0.479. The lowest BCUT2D eigenvalue weighted by molar-refractivity contribution is -0.384. The Hall–Kier alpha value is -3.46. The number of fused-ring (bicyclic) bond motifs is 1. The van der Waals surface area contributed by atoms with Gasteiger partial charge in [0.15, 0.2) is 5.69 Å². The topological polar surface area (TPSA) is 141 Å². The van der Waals surface area contributed by atoms with Crippen molar-refractivity contribution in [2.75, 3.05) is 0 Å². The molecule has 3 aromatic rings. The van der Waals surface area contributed by atoms with Crippen LogP contribution < -0.4 is 5.73 Å². The summed E-state index contributed by atoms with van der Waals surface area (Å²) < 4.78 is 1.38. The molecule has 0 spiro atoms. The lowest BCUT2D eigenvalue weighted by atomic mass is 9.81. The first-order chi connectivity index (χ1) is 13.1. The van der Waals surface area contributed by atoms with Crippen LogP contribution in [-0.2, 0) is 16.8 Å². The van der Waals surface area contributed by atoms with E-state index in [1.807, 2.05) is 0 Å². The molecule has 1 atom stereocenters. The molecule has 1 aromatic heterocycles. The summed E-state index contributed by atoms with van der Waals surface area (Å²) in [6.07, 6.45) is 0. The van der Waals surface area contributed by atoms with E-state index in [0.717, 1.165) is 6.07 Å². The number of hydrogen-bond acceptors (Lipinski definition) is 5. The molecule has 10 heteroatoms. The van der Waals surface area contributed by atoms with E-state index in [4.69, 9.17) is 17.3 Å². The predicted molar refractivity (Wildman–Crippen MR) is 101 cm³/mol. The van der Waals surface area contributed by atoms with Gasteiger partial charge in [0.25, 0.3) is 5.69 Å². The average molecular weight is 403 g/mol. The van der Waals surface area contributed by atoms with Crippen LogP contribution in [0.4, 0.5) is 5.69 Å². The molecule has 0 saturated heterocycles. The third-order valence-corrected chi connectivity index (χ3v) is 4.94. The Kier molecular flexibility index (Phi) is 4.78. The van der Waals surface area contributed by atoms with Gasteiger partial charge in [-0.25, -0.2) is 4.79 Å². The molecule has 2 aromatic carbocycles. The molecule has 3 rings (SSSR count). The van der Waals surface area contributed by atoms with E-state index in [1.54, 1.807) is 24.3 Å². The van der Waals surface area contributed by atoms with Crippen molar-refractivity contribution < 1.29 is 19.6 Å². The number of carbonyl (C=O) groups is 2. The molecular weight excluding hydrogens is 388 g/mol. The highest BCUT2D eigenvalue weighted by Crippen LogP contribution is 2.35. The zero-order valence-electron chi connectivity index (χ0n) is 14.6. The molecule has 0 aliphatic heterocycles. The lowest BCUT2D eigenvalue weighted by Crippen LogP contribution is -2.42. The fraction of sp³-hybridized carbons (Fsp3) is 0.167. The van der Waals surface area contributed by atoms with Gasteiger partial charge in [-0.1, -0.05) is 29.8 Å². The molecule has 0 aliphatic rings. The summed E-state index contributed by atoms with van der Waals surface area (Å²) in [5, 5.41) is 24.9. The number of nitro groups is 1. The maximum atomic E-state index is 12.3. The van der Waals surface area contributed by atoms with Gasteiger partial charge in [-0.3, -0.25) is 19.6 Å². The molecule has 0 bridgehead atoms. The number of primary amides is 1. The van der Waals surface area contributed by atoms with Crippen LogP contribution >= 0.6 is 11.6 Å². The van der Waals surface area contributed by atoms with Crippen LogP contribution in [0.3, 0.4) is 0 Å². The number of carboxylic acid groups (broad SMARTS) is 1. The number of nitro benzene ring substituents is 1. The summed E-state index contributed by atoms with van der Waals surface area (Å²) in [6.45, 7) is 1.42. The van der Waals surface area contributed by atoms with Crippen molar-refractivity contribution in [1.29, 1.82) is 0 Å². The van der Waals surface area contributed by atoms with Crippen molar-refractivity contribution in [2.45, 2.75) is 18.9 Å². The highest BCUT2D eigenvalue weighted by molar-refractivity contribution is 6.32. The first-order valence-corrected chi connectivity index (χ1v) is 8.46. The zero-order valence-corrected chi connectivity index (χ0v) is 15.4. The standard InChI is InChI=1S/C18H15ClN4O5/c1-18(17(20)26,12-7-6-10(23(27)28)8-13(12)19)9-22-14-5-3-2-4-11(14)15(21-22)16(24)25/h2-8H,9H2,1H3,(H2,20,26)(H,24,25). The number of halogens is 1. The van der Waals surface area contributed by atoms with Gasteiger partial charge in [0.05, 0.1) is 27.4 Å². The molecule has 0 radical (unpaired) electrons. The number of hydrogen-bond donors (Lipinski definition) is 2. The van der Waals surface area contributed by atoms with E-state index in [2.05, 4.69) is 5.10 Å². The van der Waals surface area contributed by atoms with Gasteiger partial charge >= 0.3 is 5.97 Å². The van der Waals surface area contributed by atoms with Crippen LogP contribution in [0.5, 0.6) is 0 Å². The Labute approximate surface area is 163 Å². The fourth-order valence-electron chi connectivity index (χ4n) is 3.07. The van der Waals surface area contributed by atoms with Crippen LogP contribution in [-0.4, -0.2) is 31.7 Å². The Balaban J connectivity index is 2.15. The van der Waals surface area contributed by atoms with Crippen molar-refractivity contribution >= 4 is 40.1 Å². The van der Waals surface area contributed by atoms with Crippen LogP contribution in [0.15, 0.2) is 42.5 Å². The Bertz CT molecular complexity index is 1130. The largest absolute Gasteiger partial charge is 0.476 e. The van der Waals surface area contributed by atoms with Crippen molar-refractivity contribution in [2.24, 2.45) is 5.73 Å². The maximum absolute atomic E-state index is 12.3. The minimum absolute atomic E-state index is 0.00502. The molecule has 144 valence electrons.